The van der Waals surface area contributed by atoms with Gasteiger partial charge in [0.1, 0.15) is 28.6 Å². The Hall–Kier alpha value is -2.70. The molecule has 5 nitrogen and oxygen atoms in total. The summed E-state index contributed by atoms with van der Waals surface area (Å²) in [5.41, 5.74) is -0.405. The van der Waals surface area contributed by atoms with Gasteiger partial charge in [-0.15, -0.1) is 0 Å². The molecule has 2 rings (SSSR count). The van der Waals surface area contributed by atoms with Crippen LogP contribution >= 0.6 is 0 Å². The van der Waals surface area contributed by atoms with Gasteiger partial charge in [-0.25, -0.2) is 13.6 Å². The largest absolute Gasteiger partial charge is 0.469 e. The Kier molecular flexibility index (Phi) is 4.32. The first-order valence-electron chi connectivity index (χ1n) is 5.94. The van der Waals surface area contributed by atoms with Crippen molar-refractivity contribution in [2.45, 2.75) is 6.92 Å². The third-order valence-corrected chi connectivity index (χ3v) is 2.64. The minimum atomic E-state index is -0.916. The molecule has 7 heteroatoms. The van der Waals surface area contributed by atoms with Crippen LogP contribution < -0.4 is 5.32 Å². The molecule has 0 radical (unpaired) electrons. The molecule has 2 aromatic rings. The van der Waals surface area contributed by atoms with Gasteiger partial charge in [-0.1, -0.05) is 6.07 Å². The SMILES string of the molecule is Cc1occc1C(=O)OCC(=O)Nc1c(F)cccc1F. The number of aryl methyl sites for hydroxylation is 1. The van der Waals surface area contributed by atoms with Gasteiger partial charge < -0.3 is 14.5 Å². The molecule has 0 saturated heterocycles. The zero-order chi connectivity index (χ0) is 15.4. The molecule has 0 fully saturated rings. The van der Waals surface area contributed by atoms with Crippen LogP contribution in [0.25, 0.3) is 0 Å². The highest BCUT2D eigenvalue weighted by Gasteiger charge is 2.16. The smallest absolute Gasteiger partial charge is 0.342 e. The molecule has 0 atom stereocenters. The van der Waals surface area contributed by atoms with Crippen molar-refractivity contribution in [3.8, 4) is 0 Å². The van der Waals surface area contributed by atoms with Crippen LogP contribution in [0.3, 0.4) is 0 Å². The molecular formula is C14H11F2NO4. The number of rotatable bonds is 4. The van der Waals surface area contributed by atoms with Gasteiger partial charge in [0.05, 0.1) is 6.26 Å². The van der Waals surface area contributed by atoms with Gasteiger partial charge >= 0.3 is 5.97 Å². The Labute approximate surface area is 118 Å². The predicted octanol–water partition coefficient (Wildman–Crippen LogP) is 2.66. The molecule has 0 aliphatic rings. The minimum Gasteiger partial charge on any atom is -0.469 e. The van der Waals surface area contributed by atoms with E-state index in [4.69, 9.17) is 9.15 Å². The summed E-state index contributed by atoms with van der Waals surface area (Å²) in [5.74, 6) is -3.10. The number of nitrogens with one attached hydrogen (secondary N) is 1. The van der Waals surface area contributed by atoms with Gasteiger partial charge in [0, 0.05) is 0 Å². The third-order valence-electron chi connectivity index (χ3n) is 2.64. The zero-order valence-electron chi connectivity index (χ0n) is 11.0. The molecule has 1 aromatic carbocycles. The van der Waals surface area contributed by atoms with Gasteiger partial charge in [-0.3, -0.25) is 4.79 Å². The first kappa shape index (κ1) is 14.7. The lowest BCUT2D eigenvalue weighted by molar-refractivity contribution is -0.119. The highest BCUT2D eigenvalue weighted by molar-refractivity contribution is 5.95. The fourth-order valence-corrected chi connectivity index (χ4v) is 1.60. The lowest BCUT2D eigenvalue weighted by Crippen LogP contribution is -2.22. The van der Waals surface area contributed by atoms with Crippen LogP contribution in [-0.2, 0) is 9.53 Å². The molecule has 1 N–H and O–H groups in total. The molecule has 110 valence electrons. The van der Waals surface area contributed by atoms with E-state index in [2.05, 4.69) is 0 Å². The number of esters is 1. The summed E-state index contributed by atoms with van der Waals surface area (Å²) in [7, 11) is 0. The van der Waals surface area contributed by atoms with Crippen LogP contribution in [0.15, 0.2) is 34.9 Å². The van der Waals surface area contributed by atoms with Crippen molar-refractivity contribution in [2.24, 2.45) is 0 Å². The van der Waals surface area contributed by atoms with Crippen molar-refractivity contribution < 1.29 is 27.5 Å². The van der Waals surface area contributed by atoms with Crippen LogP contribution in [0, 0.1) is 18.6 Å². The minimum absolute atomic E-state index is 0.180. The number of furan rings is 1. The number of carbonyl (C=O) groups is 2. The van der Waals surface area contributed by atoms with Gasteiger partial charge in [-0.05, 0) is 25.1 Å². The maximum Gasteiger partial charge on any atom is 0.342 e. The van der Waals surface area contributed by atoms with E-state index in [1.807, 2.05) is 5.32 Å². The highest BCUT2D eigenvalue weighted by Crippen LogP contribution is 2.17. The summed E-state index contributed by atoms with van der Waals surface area (Å²) in [6.07, 6.45) is 1.31. The average molecular weight is 295 g/mol. The van der Waals surface area contributed by atoms with Crippen molar-refractivity contribution in [3.63, 3.8) is 0 Å². The molecule has 0 aliphatic heterocycles. The summed E-state index contributed by atoms with van der Waals surface area (Å²) in [4.78, 5) is 23.1. The Morgan fingerprint density at radius 1 is 1.24 bits per heavy atom. The van der Waals surface area contributed by atoms with Crippen molar-refractivity contribution in [1.82, 2.24) is 0 Å². The quantitative estimate of drug-likeness (QED) is 0.880. The van der Waals surface area contributed by atoms with E-state index in [0.717, 1.165) is 12.1 Å². The molecule has 1 amide bonds. The van der Waals surface area contributed by atoms with E-state index in [1.54, 1.807) is 6.92 Å². The van der Waals surface area contributed by atoms with Crippen LogP contribution in [-0.4, -0.2) is 18.5 Å². The Bertz CT molecular complexity index is 661. The van der Waals surface area contributed by atoms with E-state index in [1.165, 1.54) is 18.4 Å². The molecule has 0 aliphatic carbocycles. The van der Waals surface area contributed by atoms with Crippen molar-refractivity contribution in [2.75, 3.05) is 11.9 Å². The number of ether oxygens (including phenoxy) is 1. The van der Waals surface area contributed by atoms with Crippen LogP contribution in [0.1, 0.15) is 16.1 Å². The van der Waals surface area contributed by atoms with Crippen LogP contribution in [0.4, 0.5) is 14.5 Å². The van der Waals surface area contributed by atoms with Crippen molar-refractivity contribution in [3.05, 3.63) is 53.5 Å². The second-order valence-electron chi connectivity index (χ2n) is 4.11. The maximum atomic E-state index is 13.3. The van der Waals surface area contributed by atoms with Gasteiger partial charge in [0.2, 0.25) is 0 Å². The number of amides is 1. The van der Waals surface area contributed by atoms with Crippen molar-refractivity contribution in [1.29, 1.82) is 0 Å². The van der Waals surface area contributed by atoms with Gasteiger partial charge in [-0.2, -0.15) is 0 Å². The summed E-state index contributed by atoms with van der Waals surface area (Å²) >= 11 is 0. The maximum absolute atomic E-state index is 13.3. The lowest BCUT2D eigenvalue weighted by atomic mass is 10.3. The number of halogens is 2. The predicted molar refractivity (Wildman–Crippen MR) is 68.7 cm³/mol. The lowest BCUT2D eigenvalue weighted by Gasteiger charge is -2.08. The third kappa shape index (κ3) is 3.44. The molecule has 0 bridgehead atoms. The zero-order valence-corrected chi connectivity index (χ0v) is 11.0. The number of anilines is 1. The Balaban J connectivity index is 1.94. The van der Waals surface area contributed by atoms with Gasteiger partial charge in [0.25, 0.3) is 5.91 Å². The van der Waals surface area contributed by atoms with E-state index in [9.17, 15) is 18.4 Å². The molecule has 0 unspecified atom stereocenters. The summed E-state index contributed by atoms with van der Waals surface area (Å²) < 4.78 is 36.3. The summed E-state index contributed by atoms with van der Waals surface area (Å²) in [6.45, 7) is 0.891. The normalized spacial score (nSPS) is 10.2. The molecule has 1 aromatic heterocycles. The number of para-hydroxylation sites is 1. The van der Waals surface area contributed by atoms with Crippen LogP contribution in [0.2, 0.25) is 0 Å². The van der Waals surface area contributed by atoms with Crippen LogP contribution in [0.5, 0.6) is 0 Å². The monoisotopic (exact) mass is 295 g/mol. The highest BCUT2D eigenvalue weighted by atomic mass is 19.1. The average Bonchev–Trinajstić information content (AvgIpc) is 2.87. The van der Waals surface area contributed by atoms with Gasteiger partial charge in [0.15, 0.2) is 6.61 Å². The first-order valence-corrected chi connectivity index (χ1v) is 5.94. The fourth-order valence-electron chi connectivity index (χ4n) is 1.60. The van der Waals surface area contributed by atoms with E-state index >= 15 is 0 Å². The molecule has 1 heterocycles. The second-order valence-corrected chi connectivity index (χ2v) is 4.11. The summed E-state index contributed by atoms with van der Waals surface area (Å²) in [6, 6.07) is 4.56. The van der Waals surface area contributed by atoms with E-state index < -0.39 is 35.8 Å². The number of hydrogen-bond acceptors (Lipinski definition) is 4. The molecule has 0 spiro atoms. The number of carbonyl (C=O) groups excluding carboxylic acids is 2. The van der Waals surface area contributed by atoms with Crippen molar-refractivity contribution >= 4 is 17.6 Å². The fraction of sp³-hybridized carbons (Fsp3) is 0.143. The topological polar surface area (TPSA) is 68.5 Å². The second kappa shape index (κ2) is 6.17. The number of hydrogen-bond donors (Lipinski definition) is 1. The Morgan fingerprint density at radius 3 is 2.48 bits per heavy atom. The number of benzene rings is 1. The molecular weight excluding hydrogens is 284 g/mol. The molecule has 21 heavy (non-hydrogen) atoms. The Morgan fingerprint density at radius 2 is 1.90 bits per heavy atom. The standard InChI is InChI=1S/C14H11F2NO4/c1-8-9(5-6-20-8)14(19)21-7-12(18)17-13-10(15)3-2-4-11(13)16/h2-6H,7H2,1H3,(H,17,18). The molecule has 0 saturated carbocycles. The first-order chi connectivity index (χ1) is 9.99. The summed E-state index contributed by atoms with van der Waals surface area (Å²) in [5, 5.41) is 2.00. The van der Waals surface area contributed by atoms with E-state index in [-0.39, 0.29) is 5.56 Å². The van der Waals surface area contributed by atoms with E-state index in [0.29, 0.717) is 5.76 Å².